The van der Waals surface area contributed by atoms with Crippen LogP contribution in [0.3, 0.4) is 0 Å². The summed E-state index contributed by atoms with van der Waals surface area (Å²) in [7, 11) is 0. The fourth-order valence-corrected chi connectivity index (χ4v) is 2.18. The molecule has 0 aromatic heterocycles. The van der Waals surface area contributed by atoms with Gasteiger partial charge in [0.2, 0.25) is 5.91 Å². The standard InChI is InChI=1S/C13H17N3O3/c1-10(2)14-6-7-15(13(17)9-14)11-4-3-5-12(8-11)16(18)19/h3-5,8,10H,6-7,9H2,1-2H3. The van der Waals surface area contributed by atoms with Crippen molar-refractivity contribution in [3.63, 3.8) is 0 Å². The molecule has 0 unspecified atom stereocenters. The van der Waals surface area contributed by atoms with Gasteiger partial charge < -0.3 is 4.90 Å². The molecular weight excluding hydrogens is 246 g/mol. The number of non-ortho nitro benzene ring substituents is 1. The average molecular weight is 263 g/mol. The first kappa shape index (κ1) is 13.5. The largest absolute Gasteiger partial charge is 0.310 e. The topological polar surface area (TPSA) is 66.7 Å². The normalized spacial score (nSPS) is 17.0. The Hall–Kier alpha value is -1.95. The lowest BCUT2D eigenvalue weighted by molar-refractivity contribution is -0.384. The molecule has 19 heavy (non-hydrogen) atoms. The summed E-state index contributed by atoms with van der Waals surface area (Å²) >= 11 is 0. The Bertz CT molecular complexity index is 502. The van der Waals surface area contributed by atoms with Crippen molar-refractivity contribution in [2.75, 3.05) is 24.5 Å². The molecule has 0 aliphatic carbocycles. The van der Waals surface area contributed by atoms with Crippen LogP contribution in [0.5, 0.6) is 0 Å². The molecule has 0 saturated carbocycles. The molecule has 0 bridgehead atoms. The van der Waals surface area contributed by atoms with Crippen LogP contribution in [0.2, 0.25) is 0 Å². The number of piperazine rings is 1. The summed E-state index contributed by atoms with van der Waals surface area (Å²) in [6.45, 7) is 5.82. The third kappa shape index (κ3) is 2.90. The van der Waals surface area contributed by atoms with Gasteiger partial charge in [-0.25, -0.2) is 0 Å². The minimum Gasteiger partial charge on any atom is -0.310 e. The molecule has 1 saturated heterocycles. The van der Waals surface area contributed by atoms with Crippen molar-refractivity contribution < 1.29 is 9.72 Å². The molecular formula is C13H17N3O3. The minimum atomic E-state index is -0.446. The molecule has 6 heteroatoms. The van der Waals surface area contributed by atoms with Crippen molar-refractivity contribution in [1.29, 1.82) is 0 Å². The zero-order valence-corrected chi connectivity index (χ0v) is 11.1. The molecule has 2 rings (SSSR count). The summed E-state index contributed by atoms with van der Waals surface area (Å²) in [6, 6.07) is 6.54. The first-order valence-corrected chi connectivity index (χ1v) is 6.28. The van der Waals surface area contributed by atoms with E-state index >= 15 is 0 Å². The lowest BCUT2D eigenvalue weighted by atomic mass is 10.2. The van der Waals surface area contributed by atoms with E-state index in [1.165, 1.54) is 12.1 Å². The summed E-state index contributed by atoms with van der Waals surface area (Å²) in [4.78, 5) is 26.1. The van der Waals surface area contributed by atoms with Gasteiger partial charge in [-0.3, -0.25) is 19.8 Å². The van der Waals surface area contributed by atoms with Crippen LogP contribution in [0.15, 0.2) is 24.3 Å². The highest BCUT2D eigenvalue weighted by atomic mass is 16.6. The van der Waals surface area contributed by atoms with Crippen LogP contribution in [0.1, 0.15) is 13.8 Å². The van der Waals surface area contributed by atoms with Crippen molar-refractivity contribution in [3.8, 4) is 0 Å². The van der Waals surface area contributed by atoms with Gasteiger partial charge in [0.15, 0.2) is 0 Å². The molecule has 6 nitrogen and oxygen atoms in total. The van der Waals surface area contributed by atoms with E-state index < -0.39 is 4.92 Å². The number of hydrogen-bond acceptors (Lipinski definition) is 4. The van der Waals surface area contributed by atoms with Crippen molar-refractivity contribution in [2.45, 2.75) is 19.9 Å². The molecule has 0 spiro atoms. The molecule has 1 aromatic carbocycles. The summed E-state index contributed by atoms with van der Waals surface area (Å²) in [5.41, 5.74) is 0.610. The zero-order chi connectivity index (χ0) is 14.0. The molecule has 1 fully saturated rings. The predicted octanol–water partition coefficient (Wildman–Crippen LogP) is 1.65. The summed E-state index contributed by atoms with van der Waals surface area (Å²) in [6.07, 6.45) is 0. The molecule has 0 atom stereocenters. The van der Waals surface area contributed by atoms with E-state index in [1.54, 1.807) is 17.0 Å². The highest BCUT2D eigenvalue weighted by Crippen LogP contribution is 2.23. The van der Waals surface area contributed by atoms with Gasteiger partial charge in [-0.15, -0.1) is 0 Å². The highest BCUT2D eigenvalue weighted by molar-refractivity contribution is 5.95. The molecule has 102 valence electrons. The van der Waals surface area contributed by atoms with Gasteiger partial charge in [0.25, 0.3) is 5.69 Å². The smallest absolute Gasteiger partial charge is 0.271 e. The monoisotopic (exact) mass is 263 g/mol. The first-order valence-electron chi connectivity index (χ1n) is 6.28. The van der Waals surface area contributed by atoms with Gasteiger partial charge in [-0.1, -0.05) is 6.07 Å². The second kappa shape index (κ2) is 5.36. The van der Waals surface area contributed by atoms with E-state index in [1.807, 2.05) is 0 Å². The number of benzene rings is 1. The molecule has 1 aliphatic heterocycles. The van der Waals surface area contributed by atoms with Crippen molar-refractivity contribution >= 4 is 17.3 Å². The average Bonchev–Trinajstić information content (AvgIpc) is 2.38. The third-order valence-electron chi connectivity index (χ3n) is 3.33. The number of carbonyl (C=O) groups excluding carboxylic acids is 1. The first-order chi connectivity index (χ1) is 8.99. The van der Waals surface area contributed by atoms with Crippen LogP contribution in [-0.4, -0.2) is 41.4 Å². The summed E-state index contributed by atoms with van der Waals surface area (Å²) in [5.74, 6) is -0.0135. The second-order valence-electron chi connectivity index (χ2n) is 4.89. The van der Waals surface area contributed by atoms with Crippen LogP contribution in [-0.2, 0) is 4.79 Å². The summed E-state index contributed by atoms with van der Waals surface area (Å²) in [5, 5.41) is 10.8. The van der Waals surface area contributed by atoms with Gasteiger partial charge in [0.05, 0.1) is 17.2 Å². The molecule has 1 aromatic rings. The maximum absolute atomic E-state index is 12.1. The molecule has 1 heterocycles. The summed E-state index contributed by atoms with van der Waals surface area (Å²) < 4.78 is 0. The SMILES string of the molecule is CC(C)N1CCN(c2cccc([N+](=O)[O-])c2)C(=O)C1. The quantitative estimate of drug-likeness (QED) is 0.614. The van der Waals surface area contributed by atoms with Crippen LogP contribution in [0.4, 0.5) is 11.4 Å². The number of anilines is 1. The lowest BCUT2D eigenvalue weighted by Crippen LogP contribution is -2.52. The van der Waals surface area contributed by atoms with Crippen LogP contribution >= 0.6 is 0 Å². The number of nitro groups is 1. The Labute approximate surface area is 111 Å². The Kier molecular flexibility index (Phi) is 3.80. The van der Waals surface area contributed by atoms with Crippen LogP contribution < -0.4 is 4.90 Å². The van der Waals surface area contributed by atoms with E-state index in [-0.39, 0.29) is 11.6 Å². The van der Waals surface area contributed by atoms with E-state index in [4.69, 9.17) is 0 Å². The van der Waals surface area contributed by atoms with Gasteiger partial charge in [-0.05, 0) is 19.9 Å². The Morgan fingerprint density at radius 2 is 2.05 bits per heavy atom. The van der Waals surface area contributed by atoms with Crippen molar-refractivity contribution in [3.05, 3.63) is 34.4 Å². The number of nitro benzene ring substituents is 1. The maximum atomic E-state index is 12.1. The number of nitrogens with zero attached hydrogens (tertiary/aromatic N) is 3. The lowest BCUT2D eigenvalue weighted by Gasteiger charge is -2.36. The van der Waals surface area contributed by atoms with Crippen molar-refractivity contribution in [2.24, 2.45) is 0 Å². The van der Waals surface area contributed by atoms with E-state index in [2.05, 4.69) is 18.7 Å². The Balaban J connectivity index is 2.17. The van der Waals surface area contributed by atoms with Gasteiger partial charge in [0, 0.05) is 31.3 Å². The molecule has 0 N–H and O–H groups in total. The van der Waals surface area contributed by atoms with Gasteiger partial charge in [0.1, 0.15) is 0 Å². The van der Waals surface area contributed by atoms with Gasteiger partial charge in [-0.2, -0.15) is 0 Å². The maximum Gasteiger partial charge on any atom is 0.271 e. The van der Waals surface area contributed by atoms with E-state index in [0.717, 1.165) is 6.54 Å². The number of amides is 1. The Morgan fingerprint density at radius 3 is 2.63 bits per heavy atom. The number of rotatable bonds is 3. The van der Waals surface area contributed by atoms with Crippen molar-refractivity contribution in [1.82, 2.24) is 4.90 Å². The van der Waals surface area contributed by atoms with E-state index in [9.17, 15) is 14.9 Å². The minimum absolute atomic E-state index is 0.0107. The highest BCUT2D eigenvalue weighted by Gasteiger charge is 2.26. The van der Waals surface area contributed by atoms with E-state index in [0.29, 0.717) is 24.8 Å². The fraction of sp³-hybridized carbons (Fsp3) is 0.462. The zero-order valence-electron chi connectivity index (χ0n) is 11.1. The molecule has 1 aliphatic rings. The fourth-order valence-electron chi connectivity index (χ4n) is 2.18. The van der Waals surface area contributed by atoms with Crippen LogP contribution in [0.25, 0.3) is 0 Å². The second-order valence-corrected chi connectivity index (χ2v) is 4.89. The third-order valence-corrected chi connectivity index (χ3v) is 3.33. The van der Waals surface area contributed by atoms with Crippen LogP contribution in [0, 0.1) is 10.1 Å². The molecule has 0 radical (unpaired) electrons. The number of hydrogen-bond donors (Lipinski definition) is 0. The number of carbonyl (C=O) groups is 1. The predicted molar refractivity (Wildman–Crippen MR) is 72.2 cm³/mol. The molecule has 1 amide bonds. The Morgan fingerprint density at radius 1 is 1.32 bits per heavy atom. The van der Waals surface area contributed by atoms with Gasteiger partial charge >= 0.3 is 0 Å².